The molecule has 5 nitrogen and oxygen atoms in total. The van der Waals surface area contributed by atoms with Gasteiger partial charge in [0.15, 0.2) is 0 Å². The van der Waals surface area contributed by atoms with Crippen molar-refractivity contribution < 1.29 is 8.95 Å². The molecule has 0 amide bonds. The SMILES string of the molecule is CCCS(=O)Nc1ccc(OC(C)(C)CCN2CCNCC2)cc1. The van der Waals surface area contributed by atoms with Crippen LogP contribution in [0, 0.1) is 0 Å². The van der Waals surface area contributed by atoms with Gasteiger partial charge in [-0.1, -0.05) is 6.92 Å². The minimum atomic E-state index is -1.00. The van der Waals surface area contributed by atoms with Gasteiger partial charge < -0.3 is 19.7 Å². The fraction of sp³-hybridized carbons (Fsp3) is 0.667. The highest BCUT2D eigenvalue weighted by molar-refractivity contribution is 7.86. The van der Waals surface area contributed by atoms with Crippen LogP contribution in [-0.2, 0) is 11.0 Å². The molecule has 1 fully saturated rings. The number of hydrogen-bond acceptors (Lipinski definition) is 4. The van der Waals surface area contributed by atoms with Gasteiger partial charge in [0.25, 0.3) is 0 Å². The van der Waals surface area contributed by atoms with E-state index in [0.29, 0.717) is 5.75 Å². The summed E-state index contributed by atoms with van der Waals surface area (Å²) in [5.41, 5.74) is 0.665. The van der Waals surface area contributed by atoms with Crippen LogP contribution in [-0.4, -0.2) is 53.2 Å². The first-order valence-electron chi connectivity index (χ1n) is 8.86. The van der Waals surface area contributed by atoms with E-state index in [1.54, 1.807) is 0 Å². The molecule has 2 N–H and O–H groups in total. The van der Waals surface area contributed by atoms with Crippen molar-refractivity contribution in [2.75, 3.05) is 43.2 Å². The van der Waals surface area contributed by atoms with Crippen molar-refractivity contribution in [2.24, 2.45) is 0 Å². The van der Waals surface area contributed by atoms with E-state index in [0.717, 1.165) is 57.0 Å². The van der Waals surface area contributed by atoms with E-state index in [1.807, 2.05) is 31.2 Å². The van der Waals surface area contributed by atoms with E-state index in [4.69, 9.17) is 4.74 Å². The molecule has 1 heterocycles. The van der Waals surface area contributed by atoms with Crippen LogP contribution in [0.2, 0.25) is 0 Å². The van der Waals surface area contributed by atoms with Crippen molar-refractivity contribution in [3.8, 4) is 5.75 Å². The summed E-state index contributed by atoms with van der Waals surface area (Å²) in [6, 6.07) is 7.74. The molecule has 0 aliphatic carbocycles. The summed E-state index contributed by atoms with van der Waals surface area (Å²) in [6.07, 6.45) is 1.90. The second kappa shape index (κ2) is 9.39. The number of nitrogens with one attached hydrogen (secondary N) is 2. The molecule has 1 unspecified atom stereocenters. The van der Waals surface area contributed by atoms with Crippen LogP contribution in [0.3, 0.4) is 0 Å². The van der Waals surface area contributed by atoms with Crippen molar-refractivity contribution in [1.29, 1.82) is 0 Å². The maximum Gasteiger partial charge on any atom is 0.120 e. The molecule has 0 bridgehead atoms. The molecule has 0 aromatic heterocycles. The van der Waals surface area contributed by atoms with Crippen LogP contribution in [0.5, 0.6) is 5.75 Å². The van der Waals surface area contributed by atoms with Gasteiger partial charge in [0.1, 0.15) is 22.3 Å². The van der Waals surface area contributed by atoms with Crippen LogP contribution in [0.25, 0.3) is 0 Å². The minimum Gasteiger partial charge on any atom is -0.488 e. The number of rotatable bonds is 9. The van der Waals surface area contributed by atoms with Gasteiger partial charge >= 0.3 is 0 Å². The van der Waals surface area contributed by atoms with Crippen molar-refractivity contribution in [3.63, 3.8) is 0 Å². The van der Waals surface area contributed by atoms with Crippen LogP contribution in [0.15, 0.2) is 24.3 Å². The monoisotopic (exact) mass is 353 g/mol. The Morgan fingerprint density at radius 1 is 1.25 bits per heavy atom. The smallest absolute Gasteiger partial charge is 0.120 e. The second-order valence-electron chi connectivity index (χ2n) is 6.88. The van der Waals surface area contributed by atoms with E-state index >= 15 is 0 Å². The second-order valence-corrected chi connectivity index (χ2v) is 8.18. The van der Waals surface area contributed by atoms with Crippen LogP contribution in [0.4, 0.5) is 5.69 Å². The van der Waals surface area contributed by atoms with Crippen LogP contribution in [0.1, 0.15) is 33.6 Å². The molecule has 1 aliphatic heterocycles. The van der Waals surface area contributed by atoms with Gasteiger partial charge in [-0.25, -0.2) is 4.21 Å². The van der Waals surface area contributed by atoms with E-state index in [2.05, 4.69) is 28.8 Å². The van der Waals surface area contributed by atoms with Gasteiger partial charge in [0.05, 0.1) is 0 Å². The van der Waals surface area contributed by atoms with Gasteiger partial charge in [0, 0.05) is 44.2 Å². The summed E-state index contributed by atoms with van der Waals surface area (Å²) in [4.78, 5) is 2.48. The molecule has 136 valence electrons. The molecule has 1 saturated heterocycles. The van der Waals surface area contributed by atoms with E-state index in [1.165, 1.54) is 0 Å². The number of ether oxygens (including phenoxy) is 1. The third-order valence-corrected chi connectivity index (χ3v) is 5.35. The van der Waals surface area contributed by atoms with Gasteiger partial charge in [0.2, 0.25) is 0 Å². The van der Waals surface area contributed by atoms with E-state index in [9.17, 15) is 4.21 Å². The Labute approximate surface area is 148 Å². The minimum absolute atomic E-state index is 0.204. The van der Waals surface area contributed by atoms with Crippen molar-refractivity contribution >= 4 is 16.7 Å². The topological polar surface area (TPSA) is 53.6 Å². The van der Waals surface area contributed by atoms with Gasteiger partial charge in [-0.2, -0.15) is 0 Å². The first-order valence-corrected chi connectivity index (χ1v) is 10.2. The lowest BCUT2D eigenvalue weighted by Crippen LogP contribution is -2.45. The zero-order valence-electron chi connectivity index (χ0n) is 15.1. The number of hydrogen-bond donors (Lipinski definition) is 2. The summed E-state index contributed by atoms with van der Waals surface area (Å²) >= 11 is 0. The molecule has 2 rings (SSSR count). The maximum absolute atomic E-state index is 11.7. The highest BCUT2D eigenvalue weighted by Gasteiger charge is 2.22. The Balaban J connectivity index is 1.81. The summed E-state index contributed by atoms with van der Waals surface area (Å²) in [7, 11) is -1.00. The molecule has 0 saturated carbocycles. The van der Waals surface area contributed by atoms with Gasteiger partial charge in [-0.3, -0.25) is 0 Å². The molecular formula is C18H31N3O2S. The quantitative estimate of drug-likeness (QED) is 0.717. The molecule has 1 atom stereocenters. The summed E-state index contributed by atoms with van der Waals surface area (Å²) < 4.78 is 20.9. The molecule has 0 spiro atoms. The first kappa shape index (κ1) is 19.2. The number of nitrogens with zero attached hydrogens (tertiary/aromatic N) is 1. The average Bonchev–Trinajstić information content (AvgIpc) is 2.56. The molecule has 1 aliphatic rings. The maximum atomic E-state index is 11.7. The van der Waals surface area contributed by atoms with Crippen molar-refractivity contribution in [2.45, 2.75) is 39.2 Å². The Morgan fingerprint density at radius 3 is 2.54 bits per heavy atom. The van der Waals surface area contributed by atoms with Crippen molar-refractivity contribution in [3.05, 3.63) is 24.3 Å². The number of anilines is 1. The third-order valence-electron chi connectivity index (χ3n) is 4.11. The van der Waals surface area contributed by atoms with Crippen LogP contribution >= 0.6 is 0 Å². The Bertz CT molecular complexity index is 514. The van der Waals surface area contributed by atoms with Gasteiger partial charge in [-0.05, 0) is 51.0 Å². The number of benzene rings is 1. The fourth-order valence-electron chi connectivity index (χ4n) is 2.69. The predicted octanol–water partition coefficient (Wildman–Crippen LogP) is 2.62. The van der Waals surface area contributed by atoms with E-state index in [-0.39, 0.29) is 5.60 Å². The average molecular weight is 354 g/mol. The summed E-state index contributed by atoms with van der Waals surface area (Å²) in [6.45, 7) is 11.7. The lowest BCUT2D eigenvalue weighted by atomic mass is 10.0. The van der Waals surface area contributed by atoms with Crippen molar-refractivity contribution in [1.82, 2.24) is 10.2 Å². The molecule has 6 heteroatoms. The Kier molecular flexibility index (Phi) is 7.52. The van der Waals surface area contributed by atoms with Crippen LogP contribution < -0.4 is 14.8 Å². The largest absolute Gasteiger partial charge is 0.488 e. The summed E-state index contributed by atoms with van der Waals surface area (Å²) in [5, 5.41) is 3.38. The molecule has 24 heavy (non-hydrogen) atoms. The molecule has 0 radical (unpaired) electrons. The highest BCUT2D eigenvalue weighted by atomic mass is 32.2. The normalized spacial score (nSPS) is 17.5. The number of piperazine rings is 1. The fourth-order valence-corrected chi connectivity index (χ4v) is 3.56. The Morgan fingerprint density at radius 2 is 1.92 bits per heavy atom. The molecule has 1 aromatic carbocycles. The lowest BCUT2D eigenvalue weighted by molar-refractivity contribution is 0.0809. The predicted molar refractivity (Wildman–Crippen MR) is 102 cm³/mol. The lowest BCUT2D eigenvalue weighted by Gasteiger charge is -2.32. The summed E-state index contributed by atoms with van der Waals surface area (Å²) in [5.74, 6) is 1.52. The third kappa shape index (κ3) is 6.79. The molecule has 1 aromatic rings. The molecular weight excluding hydrogens is 322 g/mol. The Hall–Kier alpha value is -1.11. The first-order chi connectivity index (χ1) is 11.5. The zero-order chi connectivity index (χ0) is 17.4. The standard InChI is InChI=1S/C18H31N3O2S/c1-4-15-24(22)20-16-5-7-17(8-6-16)23-18(2,3)9-12-21-13-10-19-11-14-21/h5-8,19-20H,4,9-15H2,1-3H3. The van der Waals surface area contributed by atoms with Gasteiger partial charge in [-0.15, -0.1) is 0 Å². The highest BCUT2D eigenvalue weighted by Crippen LogP contribution is 2.23. The zero-order valence-corrected chi connectivity index (χ0v) is 16.0. The van der Waals surface area contributed by atoms with E-state index < -0.39 is 11.0 Å².